The number of alkyl halides is 3. The molecule has 0 radical (unpaired) electrons. The van der Waals surface area contributed by atoms with Crippen LogP contribution in [0.1, 0.15) is 157 Å². The number of hydrogen-bond donors (Lipinski definition) is 3. The zero-order valence-corrected chi connectivity index (χ0v) is 54.0. The minimum Gasteiger partial charge on any atom is -0.493 e. The molecule has 4 atom stereocenters. The number of rotatable bonds is 28. The highest BCUT2D eigenvalue weighted by atomic mass is 19.4. The Kier molecular flexibility index (Phi) is 29.1. The second-order valence-corrected chi connectivity index (χ2v) is 24.5. The van der Waals surface area contributed by atoms with Crippen LogP contribution >= 0.6 is 0 Å². The SMILES string of the molecule is COCCCOc1cc(C(=O)N(C(C)C)[C@@H]2CC[C@H](CCN(C(=O)Cc3cccc(C#N)c3)C3CC3)NC2)ccc1OC.COCCCOc1cc(C(=O)N(C(C)C)[C@@H]2CC[C@H](CCNC3CC3)N(C(=O)OC(C)(C)C)C2)ccc1OC.O=C(O)C(F)(F)F. The van der Waals surface area contributed by atoms with Crippen molar-refractivity contribution < 1.29 is 75.4 Å². The number of nitrogens with zero attached hydrogens (tertiary/aromatic N) is 5. The standard InChI is InChI=1S/C34H46N4O5.C30H49N3O6.C2HF3O2/c1-24(2)38(34(40)27-9-14-31(42-4)32(21-27)43-18-6-17-41-3)30-11-10-28(36-23-30)15-16-37(29-12-13-29)33(39)20-25-7-5-8-26(19-25)22-35;1-21(2)33(28(34)22-9-14-26(37-7)27(19-22)38-18-8-17-36-6)25-13-12-24(15-16-31-23-10-11-23)32(20-25)29(35)39-30(3,4)5;3-2(4,5)1(6)7/h5,7-9,14,19,21,24,28-30,36H,6,10-13,15-18,20,23H2,1-4H3;9,14,19,21,23-25,31H,8,10-13,15-18,20H2,1-7H3;(H,6,7)/t28-,30-;24-,25-;/m11./s1. The Bertz CT molecular complexity index is 2780. The number of halogens is 3. The molecule has 2 saturated heterocycles. The third kappa shape index (κ3) is 23.8. The summed E-state index contributed by atoms with van der Waals surface area (Å²) in [7, 11) is 6.50. The minimum atomic E-state index is -5.08. The van der Waals surface area contributed by atoms with Crippen molar-refractivity contribution in [3.05, 3.63) is 82.9 Å². The molecule has 89 heavy (non-hydrogen) atoms. The number of carboxylic acid groups (broad SMARTS) is 1. The fourth-order valence-electron chi connectivity index (χ4n) is 11.0. The van der Waals surface area contributed by atoms with E-state index in [1.165, 1.54) is 12.8 Å². The van der Waals surface area contributed by atoms with Gasteiger partial charge in [-0.05, 0) is 173 Å². The lowest BCUT2D eigenvalue weighted by Gasteiger charge is -2.45. The molecule has 0 bridgehead atoms. The van der Waals surface area contributed by atoms with Crippen molar-refractivity contribution >= 4 is 29.8 Å². The highest BCUT2D eigenvalue weighted by Gasteiger charge is 2.41. The van der Waals surface area contributed by atoms with Gasteiger partial charge in [0, 0.05) is 113 Å². The number of carboxylic acids is 1. The molecule has 7 rings (SSSR count). The number of likely N-dealkylation sites (tertiary alicyclic amines) is 1. The fourth-order valence-corrected chi connectivity index (χ4v) is 11.0. The molecule has 3 aromatic carbocycles. The van der Waals surface area contributed by atoms with E-state index in [1.54, 1.807) is 77.0 Å². The topological polar surface area (TPSA) is 231 Å². The van der Waals surface area contributed by atoms with Gasteiger partial charge in [-0.3, -0.25) is 14.4 Å². The first-order valence-corrected chi connectivity index (χ1v) is 31.1. The maximum absolute atomic E-state index is 13.9. The monoisotopic (exact) mass is 1250 g/mol. The van der Waals surface area contributed by atoms with E-state index in [4.69, 9.17) is 43.1 Å². The van der Waals surface area contributed by atoms with E-state index in [9.17, 15) is 37.6 Å². The number of aliphatic carboxylic acids is 1. The summed E-state index contributed by atoms with van der Waals surface area (Å²) in [5.74, 6) is -0.462. The number of carbonyl (C=O) groups excluding carboxylic acids is 4. The maximum Gasteiger partial charge on any atom is 0.490 e. The van der Waals surface area contributed by atoms with Crippen LogP contribution in [-0.4, -0.2) is 196 Å². The molecule has 0 unspecified atom stereocenters. The number of hydrogen-bond acceptors (Lipinski definition) is 15. The predicted molar refractivity (Wildman–Crippen MR) is 331 cm³/mol. The largest absolute Gasteiger partial charge is 0.493 e. The van der Waals surface area contributed by atoms with Crippen molar-refractivity contribution in [1.29, 1.82) is 5.26 Å². The van der Waals surface area contributed by atoms with Gasteiger partial charge in [-0.15, -0.1) is 0 Å². The van der Waals surface area contributed by atoms with Gasteiger partial charge in [0.15, 0.2) is 23.0 Å². The number of ether oxygens (including phenoxy) is 7. The maximum atomic E-state index is 13.9. The molecule has 2 aliphatic carbocycles. The predicted octanol–water partition coefficient (Wildman–Crippen LogP) is 10.1. The molecular formula is C66H96F3N7O13. The second-order valence-electron chi connectivity index (χ2n) is 24.5. The van der Waals surface area contributed by atoms with Crippen molar-refractivity contribution in [1.82, 2.24) is 30.2 Å². The van der Waals surface area contributed by atoms with Crippen molar-refractivity contribution in [2.75, 3.05) is 81.0 Å². The van der Waals surface area contributed by atoms with E-state index >= 15 is 0 Å². The third-order valence-electron chi connectivity index (χ3n) is 15.7. The Morgan fingerprint density at radius 1 is 0.708 bits per heavy atom. The van der Waals surface area contributed by atoms with Crippen LogP contribution in [0.2, 0.25) is 0 Å². The summed E-state index contributed by atoms with van der Waals surface area (Å²) < 4.78 is 70.5. The zero-order chi connectivity index (χ0) is 65.4. The summed E-state index contributed by atoms with van der Waals surface area (Å²) in [6, 6.07) is 21.4. The molecule has 4 fully saturated rings. The number of methoxy groups -OCH3 is 4. The summed E-state index contributed by atoms with van der Waals surface area (Å²) in [4.78, 5) is 70.9. The Hall–Kier alpha value is -6.87. The summed E-state index contributed by atoms with van der Waals surface area (Å²) in [5.41, 5.74) is 1.99. The van der Waals surface area contributed by atoms with Crippen LogP contribution in [0.5, 0.6) is 23.0 Å². The molecule has 0 aromatic heterocycles. The summed E-state index contributed by atoms with van der Waals surface area (Å²) >= 11 is 0. The first-order valence-electron chi connectivity index (χ1n) is 31.1. The Balaban J connectivity index is 0.000000293. The number of carbonyl (C=O) groups is 5. The Labute approximate surface area is 523 Å². The fraction of sp³-hybridized carbons (Fsp3) is 0.636. The first kappa shape index (κ1) is 72.9. The molecule has 4 amide bonds. The van der Waals surface area contributed by atoms with Gasteiger partial charge in [0.25, 0.3) is 11.8 Å². The van der Waals surface area contributed by atoms with E-state index in [-0.39, 0.29) is 54.0 Å². The highest BCUT2D eigenvalue weighted by molar-refractivity contribution is 5.96. The molecule has 20 nitrogen and oxygen atoms in total. The molecule has 2 saturated carbocycles. The Morgan fingerprint density at radius 3 is 1.71 bits per heavy atom. The molecule has 23 heteroatoms. The zero-order valence-electron chi connectivity index (χ0n) is 54.0. The van der Waals surface area contributed by atoms with Gasteiger partial charge in [-0.2, -0.15) is 18.4 Å². The van der Waals surface area contributed by atoms with Gasteiger partial charge in [-0.1, -0.05) is 12.1 Å². The summed E-state index contributed by atoms with van der Waals surface area (Å²) in [6.45, 7) is 18.7. The van der Waals surface area contributed by atoms with E-state index in [0.717, 1.165) is 82.9 Å². The van der Waals surface area contributed by atoms with Crippen LogP contribution in [0.4, 0.5) is 18.0 Å². The van der Waals surface area contributed by atoms with Crippen LogP contribution in [-0.2, 0) is 30.2 Å². The van der Waals surface area contributed by atoms with E-state index in [2.05, 4.69) is 30.6 Å². The van der Waals surface area contributed by atoms with Crippen molar-refractivity contribution in [2.24, 2.45) is 0 Å². The lowest BCUT2D eigenvalue weighted by molar-refractivity contribution is -0.192. The number of benzene rings is 3. The van der Waals surface area contributed by atoms with Gasteiger partial charge in [0.1, 0.15) is 5.60 Å². The minimum absolute atomic E-state index is 0.0179. The molecule has 2 aliphatic heterocycles. The van der Waals surface area contributed by atoms with Crippen molar-refractivity contribution in [3.8, 4) is 29.1 Å². The number of piperidine rings is 2. The molecular weight excluding hydrogens is 1160 g/mol. The summed E-state index contributed by atoms with van der Waals surface area (Å²) in [5, 5.41) is 23.6. The number of nitriles is 1. The smallest absolute Gasteiger partial charge is 0.490 e. The molecule has 0 spiro atoms. The number of nitrogens with one attached hydrogen (secondary N) is 2. The molecule has 3 N–H and O–H groups in total. The van der Waals surface area contributed by atoms with Gasteiger partial charge in [0.05, 0.1) is 51.5 Å². The van der Waals surface area contributed by atoms with Crippen LogP contribution in [0, 0.1) is 11.3 Å². The molecule has 2 heterocycles. The van der Waals surface area contributed by atoms with Crippen LogP contribution in [0.15, 0.2) is 60.7 Å². The van der Waals surface area contributed by atoms with Crippen molar-refractivity contribution in [2.45, 2.75) is 192 Å². The highest BCUT2D eigenvalue weighted by Crippen LogP contribution is 2.34. The summed E-state index contributed by atoms with van der Waals surface area (Å²) in [6.07, 6.45) is 6.23. The number of amides is 4. The average molecular weight is 1250 g/mol. The normalized spacial score (nSPS) is 18.3. The van der Waals surface area contributed by atoms with Gasteiger partial charge >= 0.3 is 18.2 Å². The van der Waals surface area contributed by atoms with Gasteiger partial charge in [-0.25, -0.2) is 9.59 Å². The second kappa shape index (κ2) is 35.5. The first-order chi connectivity index (χ1) is 42.3. The molecule has 4 aliphatic rings. The Morgan fingerprint density at radius 2 is 1.25 bits per heavy atom. The van der Waals surface area contributed by atoms with E-state index < -0.39 is 17.7 Å². The van der Waals surface area contributed by atoms with Crippen LogP contribution in [0.25, 0.3) is 0 Å². The molecule has 3 aromatic rings. The van der Waals surface area contributed by atoms with Crippen molar-refractivity contribution in [3.63, 3.8) is 0 Å². The average Bonchev–Trinajstić information content (AvgIpc) is 2.63. The van der Waals surface area contributed by atoms with E-state index in [1.807, 2.05) is 66.4 Å². The van der Waals surface area contributed by atoms with Crippen LogP contribution in [0.3, 0.4) is 0 Å². The van der Waals surface area contributed by atoms with Gasteiger partial charge in [0.2, 0.25) is 5.91 Å². The lowest BCUT2D eigenvalue weighted by atomic mass is 9.94. The quantitative estimate of drug-likeness (QED) is 0.0574. The molecule has 494 valence electrons. The third-order valence-corrected chi connectivity index (χ3v) is 15.7. The van der Waals surface area contributed by atoms with Crippen LogP contribution < -0.4 is 29.6 Å². The van der Waals surface area contributed by atoms with E-state index in [0.29, 0.717) is 104 Å². The van der Waals surface area contributed by atoms with Gasteiger partial charge < -0.3 is 68.5 Å². The lowest BCUT2D eigenvalue weighted by Crippen LogP contribution is -2.57.